The first-order chi connectivity index (χ1) is 13.7. The van der Waals surface area contributed by atoms with Gasteiger partial charge in [-0.3, -0.25) is 4.79 Å². The molecule has 10 heteroatoms. The number of urea groups is 1. The molecule has 7 nitrogen and oxygen atoms in total. The lowest BCUT2D eigenvalue weighted by Crippen LogP contribution is -2.65. The van der Waals surface area contributed by atoms with Crippen molar-refractivity contribution in [3.8, 4) is 5.75 Å². The molecule has 2 unspecified atom stereocenters. The maximum Gasteiger partial charge on any atom is 0.573 e. The molecule has 4 atom stereocenters. The van der Waals surface area contributed by atoms with Gasteiger partial charge in [0.2, 0.25) is 5.91 Å². The third-order valence-electron chi connectivity index (χ3n) is 5.85. The van der Waals surface area contributed by atoms with Gasteiger partial charge in [0.05, 0.1) is 12.1 Å². The van der Waals surface area contributed by atoms with Gasteiger partial charge in [-0.15, -0.1) is 13.2 Å². The average Bonchev–Trinajstić information content (AvgIpc) is 2.66. The van der Waals surface area contributed by atoms with Crippen molar-refractivity contribution in [2.75, 3.05) is 26.2 Å². The molecule has 0 bridgehead atoms. The molecule has 3 aliphatic rings. The molecule has 0 spiro atoms. The van der Waals surface area contributed by atoms with Crippen molar-refractivity contribution in [1.82, 2.24) is 15.1 Å². The highest BCUT2D eigenvalue weighted by molar-refractivity contribution is 5.79. The Labute approximate surface area is 165 Å². The van der Waals surface area contributed by atoms with Crippen LogP contribution >= 0.6 is 0 Å². The number of morpholine rings is 1. The second-order valence-electron chi connectivity index (χ2n) is 7.66. The molecule has 158 valence electrons. The number of benzene rings is 1. The Kier molecular flexibility index (Phi) is 5.05. The normalized spacial score (nSPS) is 29.6. The van der Waals surface area contributed by atoms with Gasteiger partial charge in [-0.2, -0.15) is 0 Å². The molecular weight excluding hydrogens is 391 g/mol. The largest absolute Gasteiger partial charge is 0.573 e. The minimum atomic E-state index is -4.72. The highest BCUT2D eigenvalue weighted by atomic mass is 19.4. The Balaban J connectivity index is 1.34. The van der Waals surface area contributed by atoms with Crippen LogP contribution in [0.3, 0.4) is 0 Å². The van der Waals surface area contributed by atoms with Gasteiger partial charge < -0.3 is 24.6 Å². The van der Waals surface area contributed by atoms with E-state index >= 15 is 0 Å². The molecule has 1 aromatic rings. The number of hydrogen-bond acceptors (Lipinski definition) is 4. The van der Waals surface area contributed by atoms with Crippen molar-refractivity contribution >= 4 is 11.9 Å². The van der Waals surface area contributed by atoms with Crippen LogP contribution in [0.2, 0.25) is 0 Å². The molecule has 1 aromatic carbocycles. The maximum atomic E-state index is 12.9. The van der Waals surface area contributed by atoms with Crippen molar-refractivity contribution in [2.24, 2.45) is 0 Å². The number of nitrogens with zero attached hydrogens (tertiary/aromatic N) is 2. The van der Waals surface area contributed by atoms with Gasteiger partial charge in [0.25, 0.3) is 0 Å². The second-order valence-corrected chi connectivity index (χ2v) is 7.66. The van der Waals surface area contributed by atoms with Gasteiger partial charge in [-0.05, 0) is 31.0 Å². The van der Waals surface area contributed by atoms with Crippen molar-refractivity contribution in [2.45, 2.75) is 43.8 Å². The lowest BCUT2D eigenvalue weighted by molar-refractivity contribution is -0.274. The molecule has 29 heavy (non-hydrogen) atoms. The minimum Gasteiger partial charge on any atom is -0.406 e. The predicted octanol–water partition coefficient (Wildman–Crippen LogP) is 2.08. The number of carbonyl (C=O) groups excluding carboxylic acids is 2. The van der Waals surface area contributed by atoms with Crippen LogP contribution in [0, 0.1) is 0 Å². The fraction of sp³-hybridized carbons (Fsp3) is 0.579. The van der Waals surface area contributed by atoms with E-state index in [2.05, 4.69) is 10.1 Å². The van der Waals surface area contributed by atoms with E-state index in [1.807, 2.05) is 6.92 Å². The molecule has 0 aromatic heterocycles. The SMILES string of the molecule is CC1C(c2ccc(OC(F)(F)F)cc2)CN1C(=O)N1CC[C@@H]2OCC(=O)N[C@@H]2C1. The predicted molar refractivity (Wildman–Crippen MR) is 95.3 cm³/mol. The number of carbonyl (C=O) groups is 2. The first-order valence-corrected chi connectivity index (χ1v) is 9.53. The van der Waals surface area contributed by atoms with Crippen LogP contribution in [0.5, 0.6) is 5.75 Å². The highest BCUT2D eigenvalue weighted by Crippen LogP contribution is 2.36. The molecule has 3 fully saturated rings. The fourth-order valence-electron chi connectivity index (χ4n) is 4.22. The number of hydrogen-bond donors (Lipinski definition) is 1. The molecule has 3 saturated heterocycles. The lowest BCUT2D eigenvalue weighted by Gasteiger charge is -2.50. The van der Waals surface area contributed by atoms with E-state index in [1.54, 1.807) is 21.9 Å². The Bertz CT molecular complexity index is 786. The van der Waals surface area contributed by atoms with Crippen LogP contribution in [0.1, 0.15) is 24.8 Å². The molecule has 4 rings (SSSR count). The van der Waals surface area contributed by atoms with Crippen LogP contribution in [-0.4, -0.2) is 72.5 Å². The fourth-order valence-corrected chi connectivity index (χ4v) is 4.22. The number of ether oxygens (including phenoxy) is 2. The van der Waals surface area contributed by atoms with Gasteiger partial charge >= 0.3 is 12.4 Å². The Morgan fingerprint density at radius 2 is 1.97 bits per heavy atom. The summed E-state index contributed by atoms with van der Waals surface area (Å²) in [4.78, 5) is 27.9. The van der Waals surface area contributed by atoms with Crippen molar-refractivity contribution < 1.29 is 32.2 Å². The zero-order chi connectivity index (χ0) is 20.8. The molecule has 0 aliphatic carbocycles. The van der Waals surface area contributed by atoms with E-state index in [0.29, 0.717) is 26.1 Å². The van der Waals surface area contributed by atoms with Crippen LogP contribution in [0.15, 0.2) is 24.3 Å². The summed E-state index contributed by atoms with van der Waals surface area (Å²) in [5.74, 6) is -0.384. The van der Waals surface area contributed by atoms with Gasteiger partial charge in [0.15, 0.2) is 0 Å². The van der Waals surface area contributed by atoms with E-state index < -0.39 is 6.36 Å². The number of alkyl halides is 3. The van der Waals surface area contributed by atoms with E-state index in [0.717, 1.165) is 5.56 Å². The smallest absolute Gasteiger partial charge is 0.406 e. The summed E-state index contributed by atoms with van der Waals surface area (Å²) in [5, 5.41) is 2.88. The summed E-state index contributed by atoms with van der Waals surface area (Å²) in [6.07, 6.45) is -4.11. The van der Waals surface area contributed by atoms with E-state index in [9.17, 15) is 22.8 Å². The number of halogens is 3. The van der Waals surface area contributed by atoms with Crippen LogP contribution in [-0.2, 0) is 9.53 Å². The van der Waals surface area contributed by atoms with Gasteiger partial charge in [-0.1, -0.05) is 12.1 Å². The summed E-state index contributed by atoms with van der Waals surface area (Å²) in [6, 6.07) is 5.42. The molecule has 3 heterocycles. The number of amides is 3. The number of nitrogens with one attached hydrogen (secondary N) is 1. The molecular formula is C19H22F3N3O4. The Morgan fingerprint density at radius 1 is 1.24 bits per heavy atom. The van der Waals surface area contributed by atoms with E-state index in [-0.39, 0.29) is 48.4 Å². The summed E-state index contributed by atoms with van der Waals surface area (Å²) >= 11 is 0. The maximum absolute atomic E-state index is 12.9. The van der Waals surface area contributed by atoms with Gasteiger partial charge in [0, 0.05) is 31.6 Å². The summed E-state index contributed by atoms with van der Waals surface area (Å²) in [5.41, 5.74) is 0.864. The third kappa shape index (κ3) is 4.12. The van der Waals surface area contributed by atoms with Crippen molar-refractivity contribution in [1.29, 1.82) is 0 Å². The lowest BCUT2D eigenvalue weighted by atomic mass is 9.83. The quantitative estimate of drug-likeness (QED) is 0.806. The number of piperidine rings is 1. The zero-order valence-corrected chi connectivity index (χ0v) is 15.8. The Hall–Kier alpha value is -2.49. The highest BCUT2D eigenvalue weighted by Gasteiger charge is 2.44. The van der Waals surface area contributed by atoms with Crippen LogP contribution < -0.4 is 10.1 Å². The second kappa shape index (κ2) is 7.40. The van der Waals surface area contributed by atoms with E-state index in [1.165, 1.54) is 12.1 Å². The third-order valence-corrected chi connectivity index (χ3v) is 5.85. The number of likely N-dealkylation sites (tertiary alicyclic amines) is 2. The minimum absolute atomic E-state index is 0.0501. The first-order valence-electron chi connectivity index (χ1n) is 9.53. The molecule has 1 N–H and O–H groups in total. The molecule has 3 aliphatic heterocycles. The van der Waals surface area contributed by atoms with Crippen molar-refractivity contribution in [3.63, 3.8) is 0 Å². The summed E-state index contributed by atoms with van der Waals surface area (Å²) in [7, 11) is 0. The standard InChI is InChI=1S/C19H22F3N3O4/c1-11-14(12-2-4-13(5-3-12)29-19(20,21)22)8-25(11)18(27)24-7-6-16-15(9-24)23-17(26)10-28-16/h2-5,11,14-16H,6-10H2,1H3,(H,23,26)/t11?,14?,15-,16+/m1/s1. The topological polar surface area (TPSA) is 71.1 Å². The Morgan fingerprint density at radius 3 is 2.62 bits per heavy atom. The van der Waals surface area contributed by atoms with Crippen LogP contribution in [0.25, 0.3) is 0 Å². The van der Waals surface area contributed by atoms with E-state index in [4.69, 9.17) is 4.74 Å². The molecule has 0 saturated carbocycles. The number of fused-ring (bicyclic) bond motifs is 1. The number of rotatable bonds is 2. The van der Waals surface area contributed by atoms with Crippen molar-refractivity contribution in [3.05, 3.63) is 29.8 Å². The van der Waals surface area contributed by atoms with Gasteiger partial charge in [0.1, 0.15) is 12.4 Å². The average molecular weight is 413 g/mol. The van der Waals surface area contributed by atoms with Crippen LogP contribution in [0.4, 0.5) is 18.0 Å². The molecule has 3 amide bonds. The summed E-state index contributed by atoms with van der Waals surface area (Å²) < 4.78 is 46.2. The monoisotopic (exact) mass is 413 g/mol. The van der Waals surface area contributed by atoms with Gasteiger partial charge in [-0.25, -0.2) is 4.79 Å². The first kappa shape index (κ1) is 19.8. The zero-order valence-electron chi connectivity index (χ0n) is 15.8. The molecule has 0 radical (unpaired) electrons. The summed E-state index contributed by atoms with van der Waals surface area (Å²) in [6.45, 7) is 3.45.